The van der Waals surface area contributed by atoms with Crippen LogP contribution in [0.15, 0.2) is 11.6 Å². The number of nitrogens with one attached hydrogen (secondary N) is 1. The number of rotatable bonds is 1. The number of piperidine rings is 1. The smallest absolute Gasteiger partial charge is 0.273 e. The van der Waals surface area contributed by atoms with Crippen LogP contribution in [0, 0.1) is 18.3 Å². The highest BCUT2D eigenvalue weighted by molar-refractivity contribution is 7.15. The first kappa shape index (κ1) is 14.9. The average Bonchev–Trinajstić information content (AvgIpc) is 3.31. The Hall–Kier alpha value is -1.44. The lowest BCUT2D eigenvalue weighted by molar-refractivity contribution is 0.0600. The van der Waals surface area contributed by atoms with Gasteiger partial charge in [0.15, 0.2) is 4.96 Å². The van der Waals surface area contributed by atoms with Crippen molar-refractivity contribution in [3.63, 3.8) is 0 Å². The van der Waals surface area contributed by atoms with Crippen molar-refractivity contribution >= 4 is 22.2 Å². The molecule has 1 N–H and O–H groups in total. The van der Waals surface area contributed by atoms with Crippen molar-refractivity contribution in [2.75, 3.05) is 32.8 Å². The number of carbonyl (C=O) groups is 1. The van der Waals surface area contributed by atoms with Crippen molar-refractivity contribution in [2.45, 2.75) is 25.8 Å². The molecule has 128 valence electrons. The molecule has 3 saturated heterocycles. The number of hydrogen-bond acceptors (Lipinski definition) is 5. The molecule has 0 saturated carbocycles. The lowest BCUT2D eigenvalue weighted by atomic mass is 9.70. The Morgan fingerprint density at radius 1 is 1.42 bits per heavy atom. The molecule has 0 aromatic carbocycles. The van der Waals surface area contributed by atoms with Crippen molar-refractivity contribution in [1.82, 2.24) is 19.6 Å². The van der Waals surface area contributed by atoms with Crippen LogP contribution in [0.5, 0.6) is 0 Å². The number of nitrogens with zero attached hydrogens (tertiary/aromatic N) is 3. The van der Waals surface area contributed by atoms with Crippen LogP contribution in [-0.2, 0) is 4.74 Å². The highest BCUT2D eigenvalue weighted by Gasteiger charge is 2.56. The Kier molecular flexibility index (Phi) is 3.27. The van der Waals surface area contributed by atoms with Gasteiger partial charge >= 0.3 is 0 Å². The SMILES string of the molecule is Cc1nc2sccn2c1C(=O)N1CC2(CCNCC2)[C@@H]2COC[C@@H]21. The second kappa shape index (κ2) is 5.28. The summed E-state index contributed by atoms with van der Waals surface area (Å²) >= 11 is 1.57. The fourth-order valence-electron chi connectivity index (χ4n) is 4.97. The molecule has 3 aliphatic heterocycles. The van der Waals surface area contributed by atoms with Gasteiger partial charge in [-0.2, -0.15) is 0 Å². The summed E-state index contributed by atoms with van der Waals surface area (Å²) in [7, 11) is 0. The van der Waals surface area contributed by atoms with Crippen LogP contribution in [0.3, 0.4) is 0 Å². The third kappa shape index (κ3) is 1.95. The first-order valence-corrected chi connectivity index (χ1v) is 9.59. The Bertz CT molecular complexity index is 792. The second-order valence-corrected chi connectivity index (χ2v) is 8.23. The highest BCUT2D eigenvalue weighted by Crippen LogP contribution is 2.49. The molecule has 5 heterocycles. The molecule has 5 rings (SSSR count). The maximum atomic E-state index is 13.4. The van der Waals surface area contributed by atoms with E-state index in [2.05, 4.69) is 15.2 Å². The van der Waals surface area contributed by atoms with Gasteiger partial charge < -0.3 is 15.0 Å². The van der Waals surface area contributed by atoms with Gasteiger partial charge in [0.05, 0.1) is 24.9 Å². The summed E-state index contributed by atoms with van der Waals surface area (Å²) < 4.78 is 7.75. The topological polar surface area (TPSA) is 58.9 Å². The van der Waals surface area contributed by atoms with Crippen LogP contribution < -0.4 is 5.32 Å². The number of aromatic nitrogens is 2. The van der Waals surface area contributed by atoms with Crippen molar-refractivity contribution < 1.29 is 9.53 Å². The molecule has 2 atom stereocenters. The first-order valence-electron chi connectivity index (χ1n) is 8.71. The van der Waals surface area contributed by atoms with Crippen molar-refractivity contribution in [3.8, 4) is 0 Å². The predicted molar refractivity (Wildman–Crippen MR) is 91.5 cm³/mol. The van der Waals surface area contributed by atoms with E-state index in [-0.39, 0.29) is 17.4 Å². The number of carbonyl (C=O) groups excluding carboxylic acids is 1. The van der Waals surface area contributed by atoms with Crippen LogP contribution in [-0.4, -0.2) is 59.1 Å². The number of amides is 1. The molecule has 24 heavy (non-hydrogen) atoms. The van der Waals surface area contributed by atoms with Crippen LogP contribution >= 0.6 is 11.3 Å². The summed E-state index contributed by atoms with van der Waals surface area (Å²) in [4.78, 5) is 20.9. The zero-order chi connectivity index (χ0) is 16.3. The fraction of sp³-hybridized carbons (Fsp3) is 0.647. The van der Waals surface area contributed by atoms with Crippen molar-refractivity contribution in [2.24, 2.45) is 11.3 Å². The highest BCUT2D eigenvalue weighted by atomic mass is 32.1. The molecular weight excluding hydrogens is 324 g/mol. The predicted octanol–water partition coefficient (Wildman–Crippen LogP) is 1.54. The van der Waals surface area contributed by atoms with E-state index in [1.807, 2.05) is 22.9 Å². The van der Waals surface area contributed by atoms with Crippen LogP contribution in [0.1, 0.15) is 29.0 Å². The van der Waals surface area contributed by atoms with E-state index in [1.165, 1.54) is 0 Å². The molecule has 0 bridgehead atoms. The van der Waals surface area contributed by atoms with Gasteiger partial charge in [0.25, 0.3) is 5.91 Å². The first-order chi connectivity index (χ1) is 11.7. The van der Waals surface area contributed by atoms with E-state index in [1.54, 1.807) is 11.3 Å². The molecular formula is C17H22N4O2S. The molecule has 2 aromatic heterocycles. The van der Waals surface area contributed by atoms with Gasteiger partial charge in [-0.05, 0) is 38.3 Å². The van der Waals surface area contributed by atoms with Crippen LogP contribution in [0.25, 0.3) is 4.96 Å². The van der Waals surface area contributed by atoms with E-state index >= 15 is 0 Å². The van der Waals surface area contributed by atoms with Gasteiger partial charge in [-0.3, -0.25) is 9.20 Å². The van der Waals surface area contributed by atoms with E-state index in [4.69, 9.17) is 4.74 Å². The molecule has 3 aliphatic rings. The quantitative estimate of drug-likeness (QED) is 0.851. The number of fused-ring (bicyclic) bond motifs is 3. The number of imidazole rings is 1. The minimum atomic E-state index is 0.120. The fourth-order valence-corrected chi connectivity index (χ4v) is 5.73. The largest absolute Gasteiger partial charge is 0.379 e. The zero-order valence-electron chi connectivity index (χ0n) is 13.8. The Morgan fingerprint density at radius 3 is 3.08 bits per heavy atom. The third-order valence-corrected chi connectivity index (χ3v) is 6.98. The Morgan fingerprint density at radius 2 is 2.25 bits per heavy atom. The molecule has 1 spiro atoms. The number of aryl methyl sites for hydroxylation is 1. The number of likely N-dealkylation sites (tertiary alicyclic amines) is 1. The Balaban J connectivity index is 1.53. The molecule has 0 aliphatic carbocycles. The van der Waals surface area contributed by atoms with Crippen molar-refractivity contribution in [1.29, 1.82) is 0 Å². The number of ether oxygens (including phenoxy) is 1. The maximum absolute atomic E-state index is 13.4. The molecule has 3 fully saturated rings. The van der Waals surface area contributed by atoms with Gasteiger partial charge in [0, 0.05) is 24.0 Å². The number of hydrogen-bond donors (Lipinski definition) is 1. The van der Waals surface area contributed by atoms with E-state index in [9.17, 15) is 4.79 Å². The minimum absolute atomic E-state index is 0.120. The standard InChI is InChI=1S/C17H22N4O2S/c1-11-14(20-6-7-24-16(20)19-11)15(22)21-10-17(2-4-18-5-3-17)12-8-23-9-13(12)21/h6-7,12-13,18H,2-5,8-10H2,1H3/t12-,13+/m1/s1. The Labute approximate surface area is 144 Å². The zero-order valence-corrected chi connectivity index (χ0v) is 14.6. The van der Waals surface area contributed by atoms with E-state index in [0.717, 1.165) is 55.4 Å². The molecule has 6 nitrogen and oxygen atoms in total. The molecule has 7 heteroatoms. The summed E-state index contributed by atoms with van der Waals surface area (Å²) in [5.74, 6) is 0.601. The number of thiazole rings is 1. The summed E-state index contributed by atoms with van der Waals surface area (Å²) in [5.41, 5.74) is 1.78. The molecule has 1 amide bonds. The van der Waals surface area contributed by atoms with Crippen molar-refractivity contribution in [3.05, 3.63) is 23.0 Å². The van der Waals surface area contributed by atoms with Gasteiger partial charge in [0.2, 0.25) is 0 Å². The molecule has 0 unspecified atom stereocenters. The normalized spacial score (nSPS) is 28.8. The second-order valence-electron chi connectivity index (χ2n) is 7.36. The lowest BCUT2D eigenvalue weighted by Crippen LogP contribution is -2.43. The summed E-state index contributed by atoms with van der Waals surface area (Å²) in [5, 5.41) is 5.44. The van der Waals surface area contributed by atoms with Crippen LogP contribution in [0.2, 0.25) is 0 Å². The van der Waals surface area contributed by atoms with Gasteiger partial charge in [-0.15, -0.1) is 11.3 Å². The summed E-state index contributed by atoms with van der Waals surface area (Å²) in [6.07, 6.45) is 4.23. The van der Waals surface area contributed by atoms with Gasteiger partial charge in [-0.1, -0.05) is 0 Å². The molecule has 2 aromatic rings. The van der Waals surface area contributed by atoms with Gasteiger partial charge in [0.1, 0.15) is 5.69 Å². The minimum Gasteiger partial charge on any atom is -0.379 e. The monoisotopic (exact) mass is 346 g/mol. The maximum Gasteiger partial charge on any atom is 0.273 e. The lowest BCUT2D eigenvalue weighted by Gasteiger charge is -2.37. The van der Waals surface area contributed by atoms with Crippen LogP contribution in [0.4, 0.5) is 0 Å². The average molecular weight is 346 g/mol. The van der Waals surface area contributed by atoms with E-state index < -0.39 is 0 Å². The van der Waals surface area contributed by atoms with Gasteiger partial charge in [-0.25, -0.2) is 4.98 Å². The third-order valence-electron chi connectivity index (χ3n) is 6.22. The summed E-state index contributed by atoms with van der Waals surface area (Å²) in [6.45, 7) is 6.37. The summed E-state index contributed by atoms with van der Waals surface area (Å²) in [6, 6.07) is 0.221. The molecule has 0 radical (unpaired) electrons. The van der Waals surface area contributed by atoms with E-state index in [0.29, 0.717) is 12.5 Å².